The summed E-state index contributed by atoms with van der Waals surface area (Å²) in [5, 5.41) is 0. The minimum absolute atomic E-state index is 0.0857. The molecule has 2 atom stereocenters. The largest absolute Gasteiger partial charge is 0.464 e. The summed E-state index contributed by atoms with van der Waals surface area (Å²) in [6.45, 7) is 8.25. The average Bonchev–Trinajstić information content (AvgIpc) is 2.61. The molecule has 1 aromatic carbocycles. The zero-order valence-corrected chi connectivity index (χ0v) is 17.1. The summed E-state index contributed by atoms with van der Waals surface area (Å²) in [4.78, 5) is 25.9. The lowest BCUT2D eigenvalue weighted by atomic mass is 9.88. The summed E-state index contributed by atoms with van der Waals surface area (Å²) in [7, 11) is 0. The van der Waals surface area contributed by atoms with Crippen molar-refractivity contribution < 1.29 is 28.2 Å². The Morgan fingerprint density at radius 1 is 1.32 bits per heavy atom. The molecular formula is C21H30FNO5. The Hall–Kier alpha value is -2.15. The van der Waals surface area contributed by atoms with Gasteiger partial charge in [0.05, 0.1) is 12.7 Å². The molecule has 1 unspecified atom stereocenters. The van der Waals surface area contributed by atoms with Crippen molar-refractivity contribution in [3.63, 3.8) is 0 Å². The SMILES string of the molecule is CCOC(=O)CO[C@@H](c1cccc(F)c1)C1CCCN(C(=O)OC(C)(C)C)C1. The number of likely N-dealkylation sites (tertiary alicyclic amines) is 1. The second-order valence-corrected chi connectivity index (χ2v) is 7.92. The van der Waals surface area contributed by atoms with Crippen LogP contribution in [0.2, 0.25) is 0 Å². The van der Waals surface area contributed by atoms with Gasteiger partial charge in [0, 0.05) is 19.0 Å². The van der Waals surface area contributed by atoms with Crippen LogP contribution in [-0.4, -0.2) is 48.9 Å². The van der Waals surface area contributed by atoms with Gasteiger partial charge in [-0.05, 0) is 58.2 Å². The minimum atomic E-state index is -0.577. The molecule has 1 aliphatic rings. The third-order valence-corrected chi connectivity index (χ3v) is 4.40. The first-order valence-corrected chi connectivity index (χ1v) is 9.70. The van der Waals surface area contributed by atoms with Crippen LogP contribution in [0.1, 0.15) is 52.2 Å². The van der Waals surface area contributed by atoms with Crippen LogP contribution in [0.15, 0.2) is 24.3 Å². The number of halogens is 1. The maximum absolute atomic E-state index is 13.8. The number of ether oxygens (including phenoxy) is 3. The van der Waals surface area contributed by atoms with Crippen LogP contribution in [0.5, 0.6) is 0 Å². The lowest BCUT2D eigenvalue weighted by Gasteiger charge is -2.37. The molecule has 1 saturated heterocycles. The number of hydrogen-bond acceptors (Lipinski definition) is 5. The third-order valence-electron chi connectivity index (χ3n) is 4.40. The first-order chi connectivity index (χ1) is 13.2. The molecule has 1 heterocycles. The summed E-state index contributed by atoms with van der Waals surface area (Å²) in [6.07, 6.45) is 0.674. The molecule has 7 heteroatoms. The number of piperidine rings is 1. The normalized spacial score (nSPS) is 18.5. The van der Waals surface area contributed by atoms with E-state index in [9.17, 15) is 14.0 Å². The van der Waals surface area contributed by atoms with Crippen molar-refractivity contribution in [2.45, 2.75) is 52.2 Å². The Morgan fingerprint density at radius 3 is 2.71 bits per heavy atom. The average molecular weight is 395 g/mol. The zero-order valence-electron chi connectivity index (χ0n) is 17.1. The predicted molar refractivity (Wildman–Crippen MR) is 102 cm³/mol. The second kappa shape index (κ2) is 9.87. The summed E-state index contributed by atoms with van der Waals surface area (Å²) < 4.78 is 30.0. The van der Waals surface area contributed by atoms with Gasteiger partial charge in [0.2, 0.25) is 0 Å². The first kappa shape index (κ1) is 22.1. The molecule has 2 rings (SSSR count). The van der Waals surface area contributed by atoms with Gasteiger partial charge in [-0.15, -0.1) is 0 Å². The highest BCUT2D eigenvalue weighted by Gasteiger charge is 2.33. The number of benzene rings is 1. The molecule has 1 aliphatic heterocycles. The van der Waals surface area contributed by atoms with Crippen LogP contribution in [0, 0.1) is 11.7 Å². The molecule has 1 fully saturated rings. The van der Waals surface area contributed by atoms with Crippen molar-refractivity contribution in [3.8, 4) is 0 Å². The molecule has 0 radical (unpaired) electrons. The van der Waals surface area contributed by atoms with E-state index in [2.05, 4.69) is 0 Å². The summed E-state index contributed by atoms with van der Waals surface area (Å²) >= 11 is 0. The third kappa shape index (κ3) is 6.78. The fourth-order valence-electron chi connectivity index (χ4n) is 3.30. The first-order valence-electron chi connectivity index (χ1n) is 9.70. The molecule has 0 spiro atoms. The highest BCUT2D eigenvalue weighted by Crippen LogP contribution is 2.33. The van der Waals surface area contributed by atoms with Crippen LogP contribution < -0.4 is 0 Å². The second-order valence-electron chi connectivity index (χ2n) is 7.92. The zero-order chi connectivity index (χ0) is 20.7. The van der Waals surface area contributed by atoms with E-state index in [4.69, 9.17) is 14.2 Å². The number of rotatable bonds is 6. The number of hydrogen-bond donors (Lipinski definition) is 0. The van der Waals surface area contributed by atoms with E-state index in [1.54, 1.807) is 24.0 Å². The number of amides is 1. The highest BCUT2D eigenvalue weighted by atomic mass is 19.1. The summed E-state index contributed by atoms with van der Waals surface area (Å²) in [5.74, 6) is -0.928. The van der Waals surface area contributed by atoms with Crippen molar-refractivity contribution in [2.24, 2.45) is 5.92 Å². The standard InChI is InChI=1S/C21H30FNO5/c1-5-26-18(24)14-27-19(15-8-6-10-17(22)12-15)16-9-7-11-23(13-16)20(25)28-21(2,3)4/h6,8,10,12,16,19H,5,7,9,11,13-14H2,1-4H3/t16?,19-/m0/s1. The van der Waals surface area contributed by atoms with Gasteiger partial charge in [-0.25, -0.2) is 14.0 Å². The van der Waals surface area contributed by atoms with Crippen LogP contribution >= 0.6 is 0 Å². The van der Waals surface area contributed by atoms with Crippen LogP contribution in [0.25, 0.3) is 0 Å². The van der Waals surface area contributed by atoms with Crippen molar-refractivity contribution in [3.05, 3.63) is 35.6 Å². The Kier molecular flexibility index (Phi) is 7.80. The fourth-order valence-corrected chi connectivity index (χ4v) is 3.30. The van der Waals surface area contributed by atoms with E-state index in [0.717, 1.165) is 12.8 Å². The van der Waals surface area contributed by atoms with Gasteiger partial charge in [-0.3, -0.25) is 0 Å². The summed E-state index contributed by atoms with van der Waals surface area (Å²) in [6, 6.07) is 6.15. The van der Waals surface area contributed by atoms with Gasteiger partial charge < -0.3 is 19.1 Å². The Morgan fingerprint density at radius 2 is 2.07 bits per heavy atom. The maximum Gasteiger partial charge on any atom is 0.410 e. The van der Waals surface area contributed by atoms with E-state index >= 15 is 0 Å². The maximum atomic E-state index is 13.8. The molecule has 0 saturated carbocycles. The molecule has 28 heavy (non-hydrogen) atoms. The van der Waals surface area contributed by atoms with Crippen LogP contribution in [0.3, 0.4) is 0 Å². The topological polar surface area (TPSA) is 65.1 Å². The van der Waals surface area contributed by atoms with Crippen molar-refractivity contribution in [1.29, 1.82) is 0 Å². The molecule has 1 amide bonds. The Bertz CT molecular complexity index is 673. The quantitative estimate of drug-likeness (QED) is 0.679. The van der Waals surface area contributed by atoms with Gasteiger partial charge in [0.15, 0.2) is 0 Å². The lowest BCUT2D eigenvalue weighted by molar-refractivity contribution is -0.152. The molecule has 0 aromatic heterocycles. The fraction of sp³-hybridized carbons (Fsp3) is 0.619. The van der Waals surface area contributed by atoms with Crippen molar-refractivity contribution in [1.82, 2.24) is 4.90 Å². The molecule has 1 aromatic rings. The highest BCUT2D eigenvalue weighted by molar-refractivity contribution is 5.70. The molecular weight excluding hydrogens is 365 g/mol. The molecule has 156 valence electrons. The van der Waals surface area contributed by atoms with Crippen LogP contribution in [-0.2, 0) is 19.0 Å². The van der Waals surface area contributed by atoms with Gasteiger partial charge >= 0.3 is 12.1 Å². The van der Waals surface area contributed by atoms with Gasteiger partial charge in [0.1, 0.15) is 18.0 Å². The Balaban J connectivity index is 2.14. The molecule has 0 N–H and O–H groups in total. The molecule has 0 bridgehead atoms. The smallest absolute Gasteiger partial charge is 0.410 e. The van der Waals surface area contributed by atoms with Gasteiger partial charge in [-0.1, -0.05) is 12.1 Å². The molecule has 0 aliphatic carbocycles. The van der Waals surface area contributed by atoms with E-state index in [-0.39, 0.29) is 31.0 Å². The van der Waals surface area contributed by atoms with E-state index in [1.807, 2.05) is 20.8 Å². The summed E-state index contributed by atoms with van der Waals surface area (Å²) in [5.41, 5.74) is 0.0622. The van der Waals surface area contributed by atoms with E-state index in [1.165, 1.54) is 12.1 Å². The number of carbonyl (C=O) groups is 2. The van der Waals surface area contributed by atoms with Crippen LogP contribution in [0.4, 0.5) is 9.18 Å². The minimum Gasteiger partial charge on any atom is -0.464 e. The monoisotopic (exact) mass is 395 g/mol. The lowest BCUT2D eigenvalue weighted by Crippen LogP contribution is -2.44. The number of nitrogens with zero attached hydrogens (tertiary/aromatic N) is 1. The number of carbonyl (C=O) groups excluding carboxylic acids is 2. The van der Waals surface area contributed by atoms with Gasteiger partial charge in [-0.2, -0.15) is 0 Å². The predicted octanol–water partition coefficient (Wildman–Crippen LogP) is 4.09. The van der Waals surface area contributed by atoms with E-state index in [0.29, 0.717) is 18.7 Å². The van der Waals surface area contributed by atoms with Crippen molar-refractivity contribution >= 4 is 12.1 Å². The molecule has 6 nitrogen and oxygen atoms in total. The van der Waals surface area contributed by atoms with Crippen molar-refractivity contribution in [2.75, 3.05) is 26.3 Å². The Labute approximate surface area is 165 Å². The number of esters is 1. The van der Waals surface area contributed by atoms with Gasteiger partial charge in [0.25, 0.3) is 0 Å². The van der Waals surface area contributed by atoms with E-state index < -0.39 is 17.7 Å².